The van der Waals surface area contributed by atoms with Crippen molar-refractivity contribution in [1.82, 2.24) is 0 Å². The van der Waals surface area contributed by atoms with Gasteiger partial charge in [0.25, 0.3) is 0 Å². The van der Waals surface area contributed by atoms with Crippen molar-refractivity contribution < 1.29 is 32.2 Å². The van der Waals surface area contributed by atoms with Gasteiger partial charge in [0.05, 0.1) is 0 Å². The first-order chi connectivity index (χ1) is 3.83. The van der Waals surface area contributed by atoms with E-state index in [1.54, 1.807) is 0 Å². The normalized spacial score (nSPS) is 4.00. The second kappa shape index (κ2) is 70.5. The number of hydrogen-bond acceptors (Lipinski definition) is 3. The molecule has 0 aromatic carbocycles. The van der Waals surface area contributed by atoms with E-state index < -0.39 is 0 Å². The third kappa shape index (κ3) is 3420. The number of rotatable bonds is 0. The van der Waals surface area contributed by atoms with Gasteiger partial charge in [-0.3, -0.25) is 12.6 Å². The maximum absolute atomic E-state index is 8.68. The fourth-order valence-electron chi connectivity index (χ4n) is 0. The fourth-order valence-corrected chi connectivity index (χ4v) is 0. The SMILES string of the molecule is C[C-]=O.C[C-]=O.[O]=[Pd]. The van der Waals surface area contributed by atoms with Gasteiger partial charge in [0.1, 0.15) is 0 Å². The van der Waals surface area contributed by atoms with Gasteiger partial charge in [-0.15, -0.1) is 0 Å². The minimum absolute atomic E-state index is 1.32. The summed E-state index contributed by atoms with van der Waals surface area (Å²) >= 11 is 1.50. The number of hydrogen-bond donors (Lipinski definition) is 0. The van der Waals surface area contributed by atoms with Gasteiger partial charge in [-0.25, -0.2) is 0 Å². The molecule has 0 fully saturated rings. The van der Waals surface area contributed by atoms with E-state index in [0.29, 0.717) is 0 Å². The summed E-state index contributed by atoms with van der Waals surface area (Å²) in [6.45, 7) is 2.64. The van der Waals surface area contributed by atoms with Crippen LogP contribution >= 0.6 is 0 Å². The average Bonchev–Trinajstić information content (AvgIpc) is 1.75. The molecule has 0 aromatic heterocycles. The summed E-state index contributed by atoms with van der Waals surface area (Å²) in [6.07, 6.45) is 3.00. The first-order valence-corrected chi connectivity index (χ1v) is 2.17. The van der Waals surface area contributed by atoms with Crippen molar-refractivity contribution >= 4 is 12.6 Å². The molecule has 0 aliphatic carbocycles. The summed E-state index contributed by atoms with van der Waals surface area (Å²) in [6, 6.07) is 0. The molecule has 0 aliphatic heterocycles. The molecule has 0 heterocycles. The third-order valence-electron chi connectivity index (χ3n) is 0. The molecule has 0 atom stereocenters. The Bertz CT molecular complexity index is 40.5. The second-order valence-electron chi connectivity index (χ2n) is 0.408. The molecule has 0 spiro atoms. The Morgan fingerprint density at radius 3 is 1.00 bits per heavy atom. The van der Waals surface area contributed by atoms with Crippen LogP contribution in [0.2, 0.25) is 0 Å². The molecule has 52 valence electrons. The summed E-state index contributed by atoms with van der Waals surface area (Å²) in [5.74, 6) is 0. The predicted molar refractivity (Wildman–Crippen MR) is 23.4 cm³/mol. The zero-order valence-electron chi connectivity index (χ0n) is 4.54. The molecule has 8 heavy (non-hydrogen) atoms. The van der Waals surface area contributed by atoms with Crippen LogP contribution in [0.4, 0.5) is 0 Å². The van der Waals surface area contributed by atoms with Crippen LogP contribution in [0.3, 0.4) is 0 Å². The Kier molecular flexibility index (Phi) is 138. The van der Waals surface area contributed by atoms with Crippen molar-refractivity contribution in [3.05, 3.63) is 0 Å². The summed E-state index contributed by atoms with van der Waals surface area (Å²) in [4.78, 5) is 17.4. The van der Waals surface area contributed by atoms with Crippen LogP contribution in [0.25, 0.3) is 0 Å². The van der Waals surface area contributed by atoms with E-state index in [2.05, 4.69) is 0 Å². The molecule has 0 amide bonds. The van der Waals surface area contributed by atoms with Crippen LogP contribution in [0.15, 0.2) is 0 Å². The van der Waals surface area contributed by atoms with E-state index in [4.69, 9.17) is 13.1 Å². The Morgan fingerprint density at radius 1 is 1.00 bits per heavy atom. The van der Waals surface area contributed by atoms with Crippen LogP contribution in [0, 0.1) is 0 Å². The average molecular weight is 209 g/mol. The van der Waals surface area contributed by atoms with Crippen LogP contribution in [0.1, 0.15) is 13.8 Å². The van der Waals surface area contributed by atoms with Gasteiger partial charge in [0.2, 0.25) is 0 Å². The Morgan fingerprint density at radius 2 is 1.00 bits per heavy atom. The molecule has 0 aromatic rings. The first kappa shape index (κ1) is 15.7. The van der Waals surface area contributed by atoms with E-state index in [9.17, 15) is 0 Å². The molecule has 0 aliphatic rings. The van der Waals surface area contributed by atoms with Crippen LogP contribution < -0.4 is 0 Å². The van der Waals surface area contributed by atoms with Crippen LogP contribution in [-0.4, -0.2) is 12.6 Å². The van der Waals surface area contributed by atoms with Crippen molar-refractivity contribution in [2.75, 3.05) is 0 Å². The zero-order chi connectivity index (χ0) is 7.41. The van der Waals surface area contributed by atoms with Gasteiger partial charge in [-0.2, -0.15) is 13.8 Å². The molecular weight excluding hydrogens is 202 g/mol. The molecule has 0 bridgehead atoms. The molecule has 0 saturated carbocycles. The maximum atomic E-state index is 8.68. The Hall–Kier alpha value is -0.198. The fraction of sp³-hybridized carbons (Fsp3) is 0.500. The van der Waals surface area contributed by atoms with Crippen molar-refractivity contribution in [3.63, 3.8) is 0 Å². The summed E-state index contributed by atoms with van der Waals surface area (Å²) in [5.41, 5.74) is 0. The standard InChI is InChI=1S/2C2H3O.O.Pd/c2*1-2-3;;/h2*1H3;;/q2*-1;;. The molecular formula is C4H6O3Pd-2. The minimum atomic E-state index is 1.32. The molecule has 0 N–H and O–H groups in total. The van der Waals surface area contributed by atoms with E-state index in [1.807, 2.05) is 0 Å². The van der Waals surface area contributed by atoms with Gasteiger partial charge in [-0.05, 0) is 0 Å². The number of carbonyl (C=O) groups excluding carboxylic acids is 2. The van der Waals surface area contributed by atoms with Crippen molar-refractivity contribution in [2.45, 2.75) is 13.8 Å². The molecule has 0 radical (unpaired) electrons. The quantitative estimate of drug-likeness (QED) is 0.419. The van der Waals surface area contributed by atoms with Gasteiger partial charge in [0.15, 0.2) is 0 Å². The molecule has 0 rings (SSSR count). The van der Waals surface area contributed by atoms with Gasteiger partial charge < -0.3 is 9.59 Å². The Labute approximate surface area is 59.2 Å². The van der Waals surface area contributed by atoms with E-state index in [1.165, 1.54) is 45.6 Å². The summed E-state index contributed by atoms with van der Waals surface area (Å²) in [5, 5.41) is 0. The second-order valence-corrected chi connectivity index (χ2v) is 0.408. The predicted octanol–water partition coefficient (Wildman–Crippen LogP) is 0.111. The van der Waals surface area contributed by atoms with E-state index >= 15 is 0 Å². The molecule has 3 nitrogen and oxygen atoms in total. The molecule has 4 heteroatoms. The molecule has 0 unspecified atom stereocenters. The monoisotopic (exact) mass is 208 g/mol. The van der Waals surface area contributed by atoms with Crippen molar-refractivity contribution in [2.24, 2.45) is 0 Å². The van der Waals surface area contributed by atoms with Gasteiger partial charge in [0, 0.05) is 0 Å². The van der Waals surface area contributed by atoms with Crippen molar-refractivity contribution in [3.8, 4) is 0 Å². The first-order valence-electron chi connectivity index (χ1n) is 1.54. The third-order valence-corrected chi connectivity index (χ3v) is 0. The van der Waals surface area contributed by atoms with Crippen LogP contribution in [0.5, 0.6) is 0 Å². The van der Waals surface area contributed by atoms with E-state index in [0.717, 1.165) is 0 Å². The zero-order valence-corrected chi connectivity index (χ0v) is 6.10. The van der Waals surface area contributed by atoms with Gasteiger partial charge in [-0.1, -0.05) is 0 Å². The topological polar surface area (TPSA) is 51.2 Å². The molecule has 0 saturated heterocycles. The summed E-state index contributed by atoms with van der Waals surface area (Å²) < 4.78 is 8.10. The van der Waals surface area contributed by atoms with E-state index in [-0.39, 0.29) is 0 Å². The van der Waals surface area contributed by atoms with Gasteiger partial charge >= 0.3 is 22.6 Å². The van der Waals surface area contributed by atoms with Crippen molar-refractivity contribution in [1.29, 1.82) is 0 Å². The van der Waals surface area contributed by atoms with Crippen LogP contribution in [-0.2, 0) is 32.2 Å². The summed E-state index contributed by atoms with van der Waals surface area (Å²) in [7, 11) is 0. The Balaban J connectivity index is -0.0000000483.